The van der Waals surface area contributed by atoms with E-state index in [1.54, 1.807) is 14.2 Å². The van der Waals surface area contributed by atoms with Crippen molar-refractivity contribution in [2.24, 2.45) is 4.99 Å². The number of methoxy groups -OCH3 is 2. The Labute approximate surface area is 194 Å². The monoisotopic (exact) mass is 521 g/mol. The highest BCUT2D eigenvalue weighted by Crippen LogP contribution is 2.29. The molecule has 0 aliphatic rings. The predicted octanol–water partition coefficient (Wildman–Crippen LogP) is 4.14. The molecule has 3 aromatic rings. The molecule has 0 amide bonds. The molecule has 0 bridgehead atoms. The summed E-state index contributed by atoms with van der Waals surface area (Å²) in [6, 6.07) is 16.0. The van der Waals surface area contributed by atoms with Gasteiger partial charge in [-0.3, -0.25) is 0 Å². The molecule has 1 aromatic heterocycles. The van der Waals surface area contributed by atoms with Crippen LogP contribution in [0.2, 0.25) is 0 Å². The normalized spacial score (nSPS) is 10.8. The van der Waals surface area contributed by atoms with E-state index in [2.05, 4.69) is 32.3 Å². The molecule has 0 saturated heterocycles. The molecule has 0 aliphatic heterocycles. The van der Waals surface area contributed by atoms with Gasteiger partial charge < -0.3 is 24.7 Å². The summed E-state index contributed by atoms with van der Waals surface area (Å²) in [5.74, 6) is 2.92. The summed E-state index contributed by atoms with van der Waals surface area (Å²) in [6.45, 7) is 4.01. The fourth-order valence-electron chi connectivity index (χ4n) is 2.92. The van der Waals surface area contributed by atoms with E-state index in [1.165, 1.54) is 5.56 Å². The maximum Gasteiger partial charge on any atom is 0.196 e. The number of hydrogen-bond donors (Lipinski definition) is 2. The molecule has 0 aliphatic carbocycles. The number of ether oxygens (including phenoxy) is 2. The number of aliphatic imine (C=N–C) groups is 1. The lowest BCUT2D eigenvalue weighted by atomic mass is 10.2. The molecule has 0 unspecified atom stereocenters. The Balaban J connectivity index is 0.00000320. The van der Waals surface area contributed by atoms with E-state index in [1.807, 2.05) is 55.7 Å². The van der Waals surface area contributed by atoms with Crippen molar-refractivity contribution in [1.82, 2.24) is 14.9 Å². The zero-order valence-corrected chi connectivity index (χ0v) is 19.8. The summed E-state index contributed by atoms with van der Waals surface area (Å²) in [5, 5.41) is 6.56. The topological polar surface area (TPSA) is 72.7 Å². The van der Waals surface area contributed by atoms with E-state index in [0.717, 1.165) is 24.6 Å². The van der Waals surface area contributed by atoms with Crippen LogP contribution in [0.25, 0.3) is 0 Å². The fourth-order valence-corrected chi connectivity index (χ4v) is 2.92. The van der Waals surface area contributed by atoms with E-state index in [4.69, 9.17) is 14.5 Å². The van der Waals surface area contributed by atoms with Crippen LogP contribution >= 0.6 is 24.0 Å². The lowest BCUT2D eigenvalue weighted by molar-refractivity contribution is 0.355. The van der Waals surface area contributed by atoms with Crippen LogP contribution in [-0.4, -0.2) is 36.3 Å². The molecule has 0 spiro atoms. The highest BCUT2D eigenvalue weighted by Gasteiger charge is 2.08. The summed E-state index contributed by atoms with van der Waals surface area (Å²) in [4.78, 5) is 9.16. The van der Waals surface area contributed by atoms with Crippen molar-refractivity contribution in [3.05, 3.63) is 72.3 Å². The molecule has 0 atom stereocenters. The van der Waals surface area contributed by atoms with E-state index >= 15 is 0 Å². The van der Waals surface area contributed by atoms with Gasteiger partial charge in [-0.15, -0.1) is 24.0 Å². The van der Waals surface area contributed by atoms with Gasteiger partial charge in [0.05, 0.1) is 14.2 Å². The van der Waals surface area contributed by atoms with Gasteiger partial charge >= 0.3 is 0 Å². The van der Waals surface area contributed by atoms with E-state index in [9.17, 15) is 0 Å². The van der Waals surface area contributed by atoms with Gasteiger partial charge in [0.2, 0.25) is 0 Å². The van der Waals surface area contributed by atoms with Crippen molar-refractivity contribution in [2.45, 2.75) is 20.0 Å². The lowest BCUT2D eigenvalue weighted by Gasteiger charge is -2.14. The Bertz CT molecular complexity index is 944. The van der Waals surface area contributed by atoms with Crippen molar-refractivity contribution in [3.8, 4) is 11.5 Å². The van der Waals surface area contributed by atoms with Crippen LogP contribution in [0.3, 0.4) is 0 Å². The number of anilines is 1. The van der Waals surface area contributed by atoms with Crippen molar-refractivity contribution < 1.29 is 9.47 Å². The van der Waals surface area contributed by atoms with Crippen molar-refractivity contribution in [1.29, 1.82) is 0 Å². The van der Waals surface area contributed by atoms with Crippen LogP contribution in [0.1, 0.15) is 18.3 Å². The molecule has 2 aromatic carbocycles. The van der Waals surface area contributed by atoms with E-state index in [-0.39, 0.29) is 24.0 Å². The predicted molar refractivity (Wildman–Crippen MR) is 131 cm³/mol. The Hall–Kier alpha value is -2.75. The third-order valence-corrected chi connectivity index (χ3v) is 4.37. The van der Waals surface area contributed by atoms with E-state index < -0.39 is 0 Å². The number of guanidine groups is 1. The highest BCUT2D eigenvalue weighted by molar-refractivity contribution is 14.0. The first-order chi connectivity index (χ1) is 14.2. The number of nitrogens with one attached hydrogen (secondary N) is 2. The first-order valence-corrected chi connectivity index (χ1v) is 9.54. The van der Waals surface area contributed by atoms with Crippen LogP contribution < -0.4 is 20.1 Å². The van der Waals surface area contributed by atoms with Crippen LogP contribution in [0.5, 0.6) is 11.5 Å². The van der Waals surface area contributed by atoms with Crippen molar-refractivity contribution in [2.75, 3.05) is 26.1 Å². The van der Waals surface area contributed by atoms with Gasteiger partial charge in [0.1, 0.15) is 12.4 Å². The number of halogens is 1. The molecule has 8 heteroatoms. The molecule has 0 fully saturated rings. The SMILES string of the molecule is CCNC(=NCc1nccn1Cc1ccccc1)Nc1ccc(OC)c(OC)c1.I. The van der Waals surface area contributed by atoms with Gasteiger partial charge in [-0.05, 0) is 24.6 Å². The second kappa shape index (κ2) is 12.1. The standard InChI is InChI=1S/C22H27N5O2.HI/c1-4-23-22(26-18-10-11-19(28-2)20(14-18)29-3)25-15-21-24-12-13-27(21)16-17-8-6-5-7-9-17;/h5-14H,4,15-16H2,1-3H3,(H2,23,25,26);1H. The average molecular weight is 521 g/mol. The summed E-state index contributed by atoms with van der Waals surface area (Å²) in [6.07, 6.45) is 3.79. The highest BCUT2D eigenvalue weighted by atomic mass is 127. The molecule has 3 rings (SSSR count). The summed E-state index contributed by atoms with van der Waals surface area (Å²) in [7, 11) is 3.24. The molecule has 7 nitrogen and oxygen atoms in total. The minimum Gasteiger partial charge on any atom is -0.493 e. The number of rotatable bonds is 8. The number of benzene rings is 2. The van der Waals surface area contributed by atoms with Gasteiger partial charge in [-0.1, -0.05) is 30.3 Å². The first kappa shape index (κ1) is 23.5. The van der Waals surface area contributed by atoms with Gasteiger partial charge in [0, 0.05) is 37.2 Å². The molecule has 160 valence electrons. The summed E-state index contributed by atoms with van der Waals surface area (Å²) in [5.41, 5.74) is 2.08. The van der Waals surface area contributed by atoms with Crippen molar-refractivity contribution in [3.63, 3.8) is 0 Å². The Morgan fingerprint density at radius 3 is 2.53 bits per heavy atom. The first-order valence-electron chi connectivity index (χ1n) is 9.54. The van der Waals surface area contributed by atoms with Crippen LogP contribution in [-0.2, 0) is 13.1 Å². The Kier molecular flexibility index (Phi) is 9.46. The van der Waals surface area contributed by atoms with Crippen LogP contribution in [0.15, 0.2) is 65.9 Å². The van der Waals surface area contributed by atoms with Crippen LogP contribution in [0.4, 0.5) is 5.69 Å². The maximum atomic E-state index is 5.37. The number of nitrogens with zero attached hydrogens (tertiary/aromatic N) is 3. The minimum atomic E-state index is 0. The number of hydrogen-bond acceptors (Lipinski definition) is 4. The fraction of sp³-hybridized carbons (Fsp3) is 0.273. The summed E-state index contributed by atoms with van der Waals surface area (Å²) < 4.78 is 12.8. The van der Waals surface area contributed by atoms with Gasteiger partial charge in [0.25, 0.3) is 0 Å². The van der Waals surface area contributed by atoms with Gasteiger partial charge in [-0.2, -0.15) is 0 Å². The molecule has 1 heterocycles. The quantitative estimate of drug-likeness (QED) is 0.265. The molecule has 0 saturated carbocycles. The Morgan fingerprint density at radius 2 is 1.83 bits per heavy atom. The molecular weight excluding hydrogens is 493 g/mol. The summed E-state index contributed by atoms with van der Waals surface area (Å²) >= 11 is 0. The molecule has 2 N–H and O–H groups in total. The maximum absolute atomic E-state index is 5.37. The zero-order chi connectivity index (χ0) is 20.5. The van der Waals surface area contributed by atoms with E-state index in [0.29, 0.717) is 24.0 Å². The van der Waals surface area contributed by atoms with Gasteiger partial charge in [-0.25, -0.2) is 9.98 Å². The largest absolute Gasteiger partial charge is 0.493 e. The zero-order valence-electron chi connectivity index (χ0n) is 17.5. The smallest absolute Gasteiger partial charge is 0.196 e. The average Bonchev–Trinajstić information content (AvgIpc) is 3.19. The minimum absolute atomic E-state index is 0. The van der Waals surface area contributed by atoms with Gasteiger partial charge in [0.15, 0.2) is 17.5 Å². The number of imidazole rings is 1. The molecule has 0 radical (unpaired) electrons. The molecular formula is C22H28IN5O2. The van der Waals surface area contributed by atoms with Crippen molar-refractivity contribution >= 4 is 35.6 Å². The molecule has 30 heavy (non-hydrogen) atoms. The second-order valence-corrected chi connectivity index (χ2v) is 6.35. The lowest BCUT2D eigenvalue weighted by Crippen LogP contribution is -2.30. The number of aromatic nitrogens is 2. The second-order valence-electron chi connectivity index (χ2n) is 6.35. The van der Waals surface area contributed by atoms with Crippen LogP contribution in [0, 0.1) is 0 Å². The third-order valence-electron chi connectivity index (χ3n) is 4.37. The third kappa shape index (κ3) is 6.38. The Morgan fingerprint density at radius 1 is 1.07 bits per heavy atom.